The van der Waals surface area contributed by atoms with Crippen LogP contribution in [0.15, 0.2) is 24.3 Å². The first kappa shape index (κ1) is 12.3. The molecular weight excluding hydrogens is 244 g/mol. The standard InChI is InChI=1S/C14H18N2O3/c17-12-3-1-11(2-4-12)16-10-7-14(19-13(16)18)5-8-15-9-6-14/h1-4,15,17H,5-10H2. The second kappa shape index (κ2) is 4.74. The Balaban J connectivity index is 1.74. The predicted molar refractivity (Wildman–Crippen MR) is 71.4 cm³/mol. The van der Waals surface area contributed by atoms with Gasteiger partial charge >= 0.3 is 6.09 Å². The summed E-state index contributed by atoms with van der Waals surface area (Å²) in [6.45, 7) is 2.49. The van der Waals surface area contributed by atoms with E-state index >= 15 is 0 Å². The number of nitrogens with zero attached hydrogens (tertiary/aromatic N) is 1. The molecule has 1 amide bonds. The molecule has 0 aromatic heterocycles. The van der Waals surface area contributed by atoms with Crippen molar-refractivity contribution >= 4 is 11.8 Å². The minimum absolute atomic E-state index is 0.198. The van der Waals surface area contributed by atoms with Gasteiger partial charge in [0, 0.05) is 18.7 Å². The third-order valence-corrected chi connectivity index (χ3v) is 3.99. The van der Waals surface area contributed by atoms with Gasteiger partial charge in [-0.3, -0.25) is 4.90 Å². The monoisotopic (exact) mass is 262 g/mol. The molecule has 102 valence electrons. The first-order valence-corrected chi connectivity index (χ1v) is 6.69. The van der Waals surface area contributed by atoms with Crippen molar-refractivity contribution in [2.45, 2.75) is 24.9 Å². The van der Waals surface area contributed by atoms with Gasteiger partial charge < -0.3 is 15.2 Å². The third-order valence-electron chi connectivity index (χ3n) is 3.99. The molecule has 1 aromatic rings. The summed E-state index contributed by atoms with van der Waals surface area (Å²) in [5.41, 5.74) is 0.502. The Morgan fingerprint density at radius 3 is 2.47 bits per heavy atom. The highest BCUT2D eigenvalue weighted by Gasteiger charge is 2.41. The van der Waals surface area contributed by atoms with E-state index in [1.807, 2.05) is 0 Å². The second-order valence-corrected chi connectivity index (χ2v) is 5.22. The minimum Gasteiger partial charge on any atom is -0.508 e. The molecule has 2 aliphatic rings. The first-order valence-electron chi connectivity index (χ1n) is 6.69. The number of carbonyl (C=O) groups is 1. The number of aromatic hydroxyl groups is 1. The zero-order chi connectivity index (χ0) is 13.3. The normalized spacial score (nSPS) is 22.3. The molecule has 5 nitrogen and oxygen atoms in total. The molecule has 2 heterocycles. The number of phenolic OH excluding ortho intramolecular Hbond substituents is 1. The molecule has 1 spiro atoms. The van der Waals surface area contributed by atoms with E-state index in [-0.39, 0.29) is 17.4 Å². The molecule has 0 saturated carbocycles. The number of benzene rings is 1. The largest absolute Gasteiger partial charge is 0.508 e. The van der Waals surface area contributed by atoms with E-state index in [9.17, 15) is 9.90 Å². The lowest BCUT2D eigenvalue weighted by Crippen LogP contribution is -2.54. The Kier molecular flexibility index (Phi) is 3.06. The number of anilines is 1. The Morgan fingerprint density at radius 2 is 1.84 bits per heavy atom. The fourth-order valence-corrected chi connectivity index (χ4v) is 2.80. The molecule has 0 atom stereocenters. The number of amides is 1. The molecule has 2 aliphatic heterocycles. The van der Waals surface area contributed by atoms with Crippen LogP contribution in [0, 0.1) is 0 Å². The predicted octanol–water partition coefficient (Wildman–Crippen LogP) is 1.86. The van der Waals surface area contributed by atoms with Gasteiger partial charge in [0.05, 0.1) is 0 Å². The maximum Gasteiger partial charge on any atom is 0.414 e. The molecule has 3 rings (SSSR count). The second-order valence-electron chi connectivity index (χ2n) is 5.22. The lowest BCUT2D eigenvalue weighted by molar-refractivity contribution is -0.0261. The summed E-state index contributed by atoms with van der Waals surface area (Å²) in [7, 11) is 0. The smallest absolute Gasteiger partial charge is 0.414 e. The number of rotatable bonds is 1. The Morgan fingerprint density at radius 1 is 1.16 bits per heavy atom. The van der Waals surface area contributed by atoms with Crippen LogP contribution in [-0.2, 0) is 4.74 Å². The number of piperidine rings is 1. The molecule has 0 unspecified atom stereocenters. The first-order chi connectivity index (χ1) is 9.19. The van der Waals surface area contributed by atoms with Crippen LogP contribution in [-0.4, -0.2) is 36.4 Å². The summed E-state index contributed by atoms with van der Waals surface area (Å²) < 4.78 is 5.70. The van der Waals surface area contributed by atoms with Crippen molar-refractivity contribution in [2.75, 3.05) is 24.5 Å². The highest BCUT2D eigenvalue weighted by molar-refractivity contribution is 5.88. The van der Waals surface area contributed by atoms with E-state index < -0.39 is 0 Å². The van der Waals surface area contributed by atoms with Gasteiger partial charge in [0.2, 0.25) is 0 Å². The molecule has 2 saturated heterocycles. The van der Waals surface area contributed by atoms with Gasteiger partial charge in [-0.25, -0.2) is 4.79 Å². The van der Waals surface area contributed by atoms with Crippen molar-refractivity contribution < 1.29 is 14.6 Å². The lowest BCUT2D eigenvalue weighted by Gasteiger charge is -2.43. The molecule has 5 heteroatoms. The number of hydrogen-bond donors (Lipinski definition) is 2. The summed E-state index contributed by atoms with van der Waals surface area (Å²) >= 11 is 0. The molecule has 0 aliphatic carbocycles. The molecular formula is C14H18N2O3. The van der Waals surface area contributed by atoms with E-state index in [1.165, 1.54) is 0 Å². The van der Waals surface area contributed by atoms with Crippen molar-refractivity contribution in [3.05, 3.63) is 24.3 Å². The summed E-state index contributed by atoms with van der Waals surface area (Å²) in [6.07, 6.45) is 2.37. The van der Waals surface area contributed by atoms with Crippen molar-refractivity contribution in [3.8, 4) is 5.75 Å². The van der Waals surface area contributed by atoms with Crippen molar-refractivity contribution in [2.24, 2.45) is 0 Å². The van der Waals surface area contributed by atoms with Gasteiger partial charge in [-0.05, 0) is 50.2 Å². The van der Waals surface area contributed by atoms with E-state index in [0.29, 0.717) is 6.54 Å². The van der Waals surface area contributed by atoms with Crippen LogP contribution in [0.2, 0.25) is 0 Å². The fourth-order valence-electron chi connectivity index (χ4n) is 2.80. The summed E-state index contributed by atoms with van der Waals surface area (Å²) in [5.74, 6) is 0.198. The number of nitrogens with one attached hydrogen (secondary N) is 1. The van der Waals surface area contributed by atoms with Crippen molar-refractivity contribution in [1.82, 2.24) is 5.32 Å². The van der Waals surface area contributed by atoms with E-state index in [4.69, 9.17) is 4.74 Å². The third kappa shape index (κ3) is 2.38. The van der Waals surface area contributed by atoms with E-state index in [0.717, 1.165) is 38.0 Å². The van der Waals surface area contributed by atoms with E-state index in [2.05, 4.69) is 5.32 Å². The van der Waals surface area contributed by atoms with Crippen LogP contribution in [0.3, 0.4) is 0 Å². The number of phenols is 1. The Bertz CT molecular complexity index is 466. The topological polar surface area (TPSA) is 61.8 Å². The van der Waals surface area contributed by atoms with Crippen LogP contribution >= 0.6 is 0 Å². The van der Waals surface area contributed by atoms with Crippen molar-refractivity contribution in [1.29, 1.82) is 0 Å². The molecule has 1 aromatic carbocycles. The van der Waals surface area contributed by atoms with Crippen LogP contribution in [0.25, 0.3) is 0 Å². The van der Waals surface area contributed by atoms with Crippen LogP contribution in [0.1, 0.15) is 19.3 Å². The van der Waals surface area contributed by atoms with Gasteiger partial charge in [-0.1, -0.05) is 0 Å². The van der Waals surface area contributed by atoms with Gasteiger partial charge in [-0.15, -0.1) is 0 Å². The van der Waals surface area contributed by atoms with Crippen LogP contribution in [0.5, 0.6) is 5.75 Å². The summed E-state index contributed by atoms with van der Waals surface area (Å²) in [5, 5.41) is 12.6. The Hall–Kier alpha value is -1.75. The van der Waals surface area contributed by atoms with Gasteiger partial charge in [-0.2, -0.15) is 0 Å². The average molecular weight is 262 g/mol. The quantitative estimate of drug-likeness (QED) is 0.811. The fraction of sp³-hybridized carbons (Fsp3) is 0.500. The van der Waals surface area contributed by atoms with Crippen molar-refractivity contribution in [3.63, 3.8) is 0 Å². The SMILES string of the molecule is O=C1OC2(CCNCC2)CCN1c1ccc(O)cc1. The highest BCUT2D eigenvalue weighted by Crippen LogP contribution is 2.34. The molecule has 0 radical (unpaired) electrons. The van der Waals surface area contributed by atoms with E-state index in [1.54, 1.807) is 29.2 Å². The lowest BCUT2D eigenvalue weighted by atomic mass is 9.87. The Labute approximate surface area is 112 Å². The molecule has 2 N–H and O–H groups in total. The number of ether oxygens (including phenoxy) is 1. The maximum absolute atomic E-state index is 12.2. The summed E-state index contributed by atoms with van der Waals surface area (Å²) in [6, 6.07) is 6.63. The zero-order valence-corrected chi connectivity index (χ0v) is 10.8. The maximum atomic E-state index is 12.2. The van der Waals surface area contributed by atoms with Gasteiger partial charge in [0.25, 0.3) is 0 Å². The van der Waals surface area contributed by atoms with Gasteiger partial charge in [0.15, 0.2) is 0 Å². The van der Waals surface area contributed by atoms with Crippen LogP contribution < -0.4 is 10.2 Å². The highest BCUT2D eigenvalue weighted by atomic mass is 16.6. The molecule has 19 heavy (non-hydrogen) atoms. The zero-order valence-electron chi connectivity index (χ0n) is 10.8. The molecule has 2 fully saturated rings. The number of hydrogen-bond acceptors (Lipinski definition) is 4. The number of carbonyl (C=O) groups excluding carboxylic acids is 1. The molecule has 0 bridgehead atoms. The van der Waals surface area contributed by atoms with Crippen LogP contribution in [0.4, 0.5) is 10.5 Å². The van der Waals surface area contributed by atoms with Gasteiger partial charge in [0.1, 0.15) is 11.4 Å². The average Bonchev–Trinajstić information content (AvgIpc) is 2.41. The summed E-state index contributed by atoms with van der Waals surface area (Å²) in [4.78, 5) is 13.8. The minimum atomic E-state index is -0.279.